The highest BCUT2D eigenvalue weighted by molar-refractivity contribution is 8.01. The molecule has 3 heterocycles. The number of carbonyl (C=O) groups is 3. The number of thioether (sulfide) groups is 1. The number of hydrogen-bond acceptors (Lipinski definition) is 4. The van der Waals surface area contributed by atoms with Crippen LogP contribution in [0.1, 0.15) is 45.4 Å². The molecule has 0 radical (unpaired) electrons. The number of rotatable bonds is 4. The van der Waals surface area contributed by atoms with E-state index in [2.05, 4.69) is 6.92 Å². The summed E-state index contributed by atoms with van der Waals surface area (Å²) in [5.74, 6) is 0.307. The molecule has 3 rings (SSSR count). The van der Waals surface area contributed by atoms with Gasteiger partial charge in [0.15, 0.2) is 0 Å². The smallest absolute Gasteiger partial charge is 0.303 e. The zero-order valence-corrected chi connectivity index (χ0v) is 14.3. The Morgan fingerprint density at radius 3 is 2.96 bits per heavy atom. The van der Waals surface area contributed by atoms with Crippen LogP contribution < -0.4 is 0 Å². The number of fused-ring (bicyclic) bond motifs is 1. The van der Waals surface area contributed by atoms with Gasteiger partial charge >= 0.3 is 5.97 Å². The molecular formula is C16H24N2O4S. The van der Waals surface area contributed by atoms with Crippen molar-refractivity contribution in [2.24, 2.45) is 5.92 Å². The predicted octanol–water partition coefficient (Wildman–Crippen LogP) is 1.54. The lowest BCUT2D eigenvalue weighted by molar-refractivity contribution is -0.145. The minimum absolute atomic E-state index is 0.0523. The van der Waals surface area contributed by atoms with E-state index in [9.17, 15) is 14.4 Å². The van der Waals surface area contributed by atoms with Crippen LogP contribution in [-0.2, 0) is 14.4 Å². The van der Waals surface area contributed by atoms with E-state index in [4.69, 9.17) is 5.11 Å². The number of amides is 2. The Balaban J connectivity index is 1.63. The van der Waals surface area contributed by atoms with Gasteiger partial charge in [0.05, 0.1) is 4.87 Å². The number of carboxylic acids is 1. The maximum Gasteiger partial charge on any atom is 0.303 e. The van der Waals surface area contributed by atoms with Gasteiger partial charge in [0, 0.05) is 31.7 Å². The number of likely N-dealkylation sites (tertiary alicyclic amines) is 1. The summed E-state index contributed by atoms with van der Waals surface area (Å²) in [4.78, 5) is 39.3. The van der Waals surface area contributed by atoms with Crippen LogP contribution in [0.25, 0.3) is 0 Å². The number of carboxylic acid groups (broad SMARTS) is 1. The first-order chi connectivity index (χ1) is 10.9. The minimum atomic E-state index is -0.779. The van der Waals surface area contributed by atoms with Gasteiger partial charge in [-0.05, 0) is 38.5 Å². The molecule has 0 bridgehead atoms. The molecule has 6 nitrogen and oxygen atoms in total. The maximum absolute atomic E-state index is 12.9. The van der Waals surface area contributed by atoms with Gasteiger partial charge < -0.3 is 14.9 Å². The van der Waals surface area contributed by atoms with Gasteiger partial charge in [-0.3, -0.25) is 14.4 Å². The zero-order valence-electron chi connectivity index (χ0n) is 13.5. The van der Waals surface area contributed by atoms with Crippen molar-refractivity contribution in [3.05, 3.63) is 0 Å². The Morgan fingerprint density at radius 2 is 2.22 bits per heavy atom. The Hall–Kier alpha value is -1.24. The van der Waals surface area contributed by atoms with E-state index in [0.29, 0.717) is 25.1 Å². The second-order valence-corrected chi connectivity index (χ2v) is 8.49. The first kappa shape index (κ1) is 16.6. The largest absolute Gasteiger partial charge is 0.481 e. The fourth-order valence-corrected chi connectivity index (χ4v) is 5.47. The monoisotopic (exact) mass is 340 g/mol. The molecule has 0 saturated carbocycles. The van der Waals surface area contributed by atoms with Gasteiger partial charge in [-0.15, -0.1) is 11.8 Å². The van der Waals surface area contributed by atoms with Crippen molar-refractivity contribution >= 4 is 29.5 Å². The van der Waals surface area contributed by atoms with Gasteiger partial charge in [0.1, 0.15) is 6.04 Å². The summed E-state index contributed by atoms with van der Waals surface area (Å²) in [5, 5.41) is 8.82. The van der Waals surface area contributed by atoms with Crippen LogP contribution in [-0.4, -0.2) is 62.4 Å². The molecular weight excluding hydrogens is 316 g/mol. The molecule has 23 heavy (non-hydrogen) atoms. The highest BCUT2D eigenvalue weighted by Gasteiger charge is 2.53. The number of nitrogens with zero attached hydrogens (tertiary/aromatic N) is 2. The van der Waals surface area contributed by atoms with Crippen LogP contribution in [0.5, 0.6) is 0 Å². The van der Waals surface area contributed by atoms with Gasteiger partial charge in [-0.2, -0.15) is 0 Å². The summed E-state index contributed by atoms with van der Waals surface area (Å²) in [7, 11) is 0. The summed E-state index contributed by atoms with van der Waals surface area (Å²) < 4.78 is 0. The maximum atomic E-state index is 12.9. The second kappa shape index (κ2) is 6.34. The van der Waals surface area contributed by atoms with Gasteiger partial charge in [-0.25, -0.2) is 0 Å². The van der Waals surface area contributed by atoms with E-state index in [1.165, 1.54) is 0 Å². The van der Waals surface area contributed by atoms with Crippen molar-refractivity contribution in [2.45, 2.75) is 56.4 Å². The molecule has 0 aliphatic carbocycles. The molecule has 0 spiro atoms. The molecule has 0 aromatic rings. The van der Waals surface area contributed by atoms with Crippen LogP contribution >= 0.6 is 11.8 Å². The van der Waals surface area contributed by atoms with E-state index in [1.54, 1.807) is 16.7 Å². The van der Waals surface area contributed by atoms with Crippen molar-refractivity contribution in [3.8, 4) is 0 Å². The minimum Gasteiger partial charge on any atom is -0.481 e. The Labute approximate surface area is 140 Å². The number of carbonyl (C=O) groups excluding carboxylic acids is 2. The first-order valence-electron chi connectivity index (χ1n) is 8.37. The van der Waals surface area contributed by atoms with E-state index < -0.39 is 5.97 Å². The van der Waals surface area contributed by atoms with Crippen molar-refractivity contribution < 1.29 is 19.5 Å². The topological polar surface area (TPSA) is 77.9 Å². The van der Waals surface area contributed by atoms with Gasteiger partial charge in [-0.1, -0.05) is 0 Å². The van der Waals surface area contributed by atoms with E-state index in [-0.39, 0.29) is 35.1 Å². The Kier molecular flexibility index (Phi) is 4.58. The normalized spacial score (nSPS) is 33.9. The molecule has 7 heteroatoms. The molecule has 2 amide bonds. The Bertz CT molecular complexity index is 526. The molecule has 3 atom stereocenters. The summed E-state index contributed by atoms with van der Waals surface area (Å²) >= 11 is 1.71. The zero-order chi connectivity index (χ0) is 16.6. The van der Waals surface area contributed by atoms with Crippen molar-refractivity contribution in [1.29, 1.82) is 0 Å². The fourth-order valence-electron chi connectivity index (χ4n) is 4.04. The third-order valence-electron chi connectivity index (χ3n) is 5.33. The lowest BCUT2D eigenvalue weighted by atomic mass is 9.93. The molecule has 3 aliphatic heterocycles. The number of piperidine rings is 1. The van der Waals surface area contributed by atoms with Crippen LogP contribution in [0, 0.1) is 5.92 Å². The number of hydrogen-bond donors (Lipinski definition) is 1. The standard InChI is InChI=1S/C16H24N2O4S/c1-16-7-6-13(19)18(16)12(10-23-16)15(22)17-8-2-3-11(9-17)4-5-14(20)21/h11-12H,2-10H2,1H3,(H,20,21). The summed E-state index contributed by atoms with van der Waals surface area (Å²) in [6, 6.07) is -0.335. The van der Waals surface area contributed by atoms with Crippen LogP contribution in [0.4, 0.5) is 0 Å². The van der Waals surface area contributed by atoms with Crippen molar-refractivity contribution in [1.82, 2.24) is 9.80 Å². The van der Waals surface area contributed by atoms with Crippen LogP contribution in [0.15, 0.2) is 0 Å². The molecule has 3 saturated heterocycles. The summed E-state index contributed by atoms with van der Waals surface area (Å²) in [5.41, 5.74) is 0. The highest BCUT2D eigenvalue weighted by atomic mass is 32.2. The Morgan fingerprint density at radius 1 is 1.43 bits per heavy atom. The lowest BCUT2D eigenvalue weighted by Crippen LogP contribution is -2.53. The van der Waals surface area contributed by atoms with E-state index in [1.807, 2.05) is 4.90 Å². The SMILES string of the molecule is CC12CCC(=O)N1C(C(=O)N1CCCC(CCC(=O)O)C1)CS2. The fraction of sp³-hybridized carbons (Fsp3) is 0.812. The van der Waals surface area contributed by atoms with Crippen LogP contribution in [0.3, 0.4) is 0 Å². The predicted molar refractivity (Wildman–Crippen MR) is 86.9 cm³/mol. The molecule has 3 unspecified atom stereocenters. The van der Waals surface area contributed by atoms with Crippen molar-refractivity contribution in [2.75, 3.05) is 18.8 Å². The quantitative estimate of drug-likeness (QED) is 0.840. The van der Waals surface area contributed by atoms with Gasteiger partial charge in [0.25, 0.3) is 0 Å². The average Bonchev–Trinajstić information content (AvgIpc) is 3.01. The highest BCUT2D eigenvalue weighted by Crippen LogP contribution is 2.47. The third-order valence-corrected chi connectivity index (χ3v) is 6.83. The molecule has 3 aliphatic rings. The second-order valence-electron chi connectivity index (χ2n) is 6.99. The summed E-state index contributed by atoms with van der Waals surface area (Å²) in [6.45, 7) is 3.41. The molecule has 1 N–H and O–H groups in total. The van der Waals surface area contributed by atoms with Gasteiger partial charge in [0.2, 0.25) is 11.8 Å². The average molecular weight is 340 g/mol. The first-order valence-corrected chi connectivity index (χ1v) is 9.36. The molecule has 0 aromatic carbocycles. The molecule has 3 fully saturated rings. The van der Waals surface area contributed by atoms with E-state index in [0.717, 1.165) is 25.8 Å². The summed E-state index contributed by atoms with van der Waals surface area (Å²) in [6.07, 6.45) is 4.04. The molecule has 128 valence electrons. The van der Waals surface area contributed by atoms with Crippen molar-refractivity contribution in [3.63, 3.8) is 0 Å². The van der Waals surface area contributed by atoms with E-state index >= 15 is 0 Å². The number of aliphatic carboxylic acids is 1. The molecule has 0 aromatic heterocycles. The van der Waals surface area contributed by atoms with Crippen LogP contribution in [0.2, 0.25) is 0 Å². The lowest BCUT2D eigenvalue weighted by Gasteiger charge is -2.37. The third kappa shape index (κ3) is 3.20.